The third-order valence-corrected chi connectivity index (χ3v) is 4.56. The minimum absolute atomic E-state index is 0.0649. The van der Waals surface area contributed by atoms with Gasteiger partial charge in [-0.3, -0.25) is 14.9 Å². The first-order valence-corrected chi connectivity index (χ1v) is 9.03. The molecule has 0 radical (unpaired) electrons. The maximum absolute atomic E-state index is 12.0. The molecule has 1 aliphatic rings. The van der Waals surface area contributed by atoms with Crippen LogP contribution in [0.1, 0.15) is 30.4 Å². The molecule has 1 N–H and O–H groups in total. The summed E-state index contributed by atoms with van der Waals surface area (Å²) in [5, 5.41) is 14.9. The largest absolute Gasteiger partial charge is 0.372 e. The summed E-state index contributed by atoms with van der Waals surface area (Å²) in [5.41, 5.74) is 4.80. The van der Waals surface area contributed by atoms with E-state index in [1.165, 1.54) is 31.0 Å². The first-order valence-electron chi connectivity index (χ1n) is 9.03. The van der Waals surface area contributed by atoms with Gasteiger partial charge in [0.1, 0.15) is 0 Å². The van der Waals surface area contributed by atoms with Crippen LogP contribution in [0.25, 0.3) is 0 Å². The number of para-hydroxylation sites is 1. The summed E-state index contributed by atoms with van der Waals surface area (Å²) in [6.07, 6.45) is 5.23. The van der Waals surface area contributed by atoms with Gasteiger partial charge in [-0.15, -0.1) is 0 Å². The van der Waals surface area contributed by atoms with Crippen LogP contribution in [0.3, 0.4) is 0 Å². The lowest BCUT2D eigenvalue weighted by molar-refractivity contribution is -0.385. The highest BCUT2D eigenvalue weighted by Gasteiger charge is 2.15. The number of anilines is 1. The SMILES string of the molecule is O=C(Cc1ccccc1[N+](=O)[O-])NN=Cc1ccc(N2CCCCC2)cc1. The molecule has 0 bridgehead atoms. The molecule has 1 amide bonds. The van der Waals surface area contributed by atoms with E-state index in [-0.39, 0.29) is 12.1 Å². The number of carbonyl (C=O) groups is 1. The van der Waals surface area contributed by atoms with Gasteiger partial charge in [0.05, 0.1) is 17.6 Å². The Morgan fingerprint density at radius 2 is 1.81 bits per heavy atom. The van der Waals surface area contributed by atoms with E-state index >= 15 is 0 Å². The van der Waals surface area contributed by atoms with Crippen LogP contribution in [0.5, 0.6) is 0 Å². The summed E-state index contributed by atoms with van der Waals surface area (Å²) in [4.78, 5) is 24.9. The van der Waals surface area contributed by atoms with Crippen molar-refractivity contribution < 1.29 is 9.72 Å². The molecule has 140 valence electrons. The summed E-state index contributed by atoms with van der Waals surface area (Å²) in [7, 11) is 0. The van der Waals surface area contributed by atoms with E-state index in [0.717, 1.165) is 18.7 Å². The van der Waals surface area contributed by atoms with Crippen molar-refractivity contribution in [3.63, 3.8) is 0 Å². The quantitative estimate of drug-likeness (QED) is 0.483. The zero-order valence-corrected chi connectivity index (χ0v) is 15.0. The number of nitrogens with one attached hydrogen (secondary N) is 1. The van der Waals surface area contributed by atoms with E-state index in [0.29, 0.717) is 5.56 Å². The molecule has 7 heteroatoms. The van der Waals surface area contributed by atoms with E-state index in [1.54, 1.807) is 24.4 Å². The molecule has 27 heavy (non-hydrogen) atoms. The molecular weight excluding hydrogens is 344 g/mol. The van der Waals surface area contributed by atoms with Crippen molar-refractivity contribution in [2.24, 2.45) is 5.10 Å². The Morgan fingerprint density at radius 1 is 1.11 bits per heavy atom. The maximum atomic E-state index is 12.0. The number of hydrogen-bond donors (Lipinski definition) is 1. The van der Waals surface area contributed by atoms with Crippen molar-refractivity contribution in [1.29, 1.82) is 0 Å². The number of hydrazone groups is 1. The number of hydrogen-bond acceptors (Lipinski definition) is 5. The number of piperidine rings is 1. The normalized spacial score (nSPS) is 14.3. The Kier molecular flexibility index (Phi) is 6.14. The molecule has 0 atom stereocenters. The second-order valence-electron chi connectivity index (χ2n) is 6.50. The Hall–Kier alpha value is -3.22. The van der Waals surface area contributed by atoms with E-state index in [9.17, 15) is 14.9 Å². The summed E-state index contributed by atoms with van der Waals surface area (Å²) in [6.45, 7) is 2.18. The number of benzene rings is 2. The molecule has 1 saturated heterocycles. The van der Waals surface area contributed by atoms with Crippen LogP contribution in [-0.4, -0.2) is 30.1 Å². The van der Waals surface area contributed by atoms with E-state index in [4.69, 9.17) is 0 Å². The van der Waals surface area contributed by atoms with Crippen LogP contribution in [-0.2, 0) is 11.2 Å². The van der Waals surface area contributed by atoms with Gasteiger partial charge in [-0.05, 0) is 37.0 Å². The second kappa shape index (κ2) is 8.93. The standard InChI is InChI=1S/C20H22N4O3/c25-20(14-17-6-2-3-7-19(17)24(26)27)22-21-15-16-8-10-18(11-9-16)23-12-4-1-5-13-23/h2-3,6-11,15H,1,4-5,12-14H2,(H,22,25). The maximum Gasteiger partial charge on any atom is 0.273 e. The number of nitro groups is 1. The van der Waals surface area contributed by atoms with Crippen molar-refractivity contribution in [3.05, 3.63) is 69.8 Å². The topological polar surface area (TPSA) is 87.8 Å². The third-order valence-electron chi connectivity index (χ3n) is 4.56. The lowest BCUT2D eigenvalue weighted by Crippen LogP contribution is -2.29. The molecule has 1 fully saturated rings. The average Bonchev–Trinajstić information content (AvgIpc) is 2.69. The Bertz CT molecular complexity index is 827. The molecule has 7 nitrogen and oxygen atoms in total. The van der Waals surface area contributed by atoms with Gasteiger partial charge in [0.2, 0.25) is 5.91 Å². The summed E-state index contributed by atoms with van der Waals surface area (Å²) < 4.78 is 0. The lowest BCUT2D eigenvalue weighted by Gasteiger charge is -2.28. The first kappa shape index (κ1) is 18.6. The highest BCUT2D eigenvalue weighted by Crippen LogP contribution is 2.20. The molecule has 0 aliphatic carbocycles. The zero-order valence-electron chi connectivity index (χ0n) is 15.0. The summed E-state index contributed by atoms with van der Waals surface area (Å²) in [6, 6.07) is 14.2. The van der Waals surface area contributed by atoms with Gasteiger partial charge in [-0.1, -0.05) is 30.3 Å². The van der Waals surface area contributed by atoms with Crippen LogP contribution < -0.4 is 10.3 Å². The number of nitrogens with zero attached hydrogens (tertiary/aromatic N) is 3. The van der Waals surface area contributed by atoms with Gasteiger partial charge in [0.25, 0.3) is 5.69 Å². The molecule has 3 rings (SSSR count). The molecular formula is C20H22N4O3. The molecule has 0 aromatic heterocycles. The van der Waals surface area contributed by atoms with E-state index in [1.807, 2.05) is 12.1 Å². The predicted octanol–water partition coefficient (Wildman–Crippen LogP) is 3.28. The van der Waals surface area contributed by atoms with Gasteiger partial charge in [-0.25, -0.2) is 5.43 Å². The van der Waals surface area contributed by atoms with E-state index in [2.05, 4.69) is 27.6 Å². The number of carbonyl (C=O) groups excluding carboxylic acids is 1. The van der Waals surface area contributed by atoms with Crippen molar-refractivity contribution in [1.82, 2.24) is 5.43 Å². The molecule has 1 aliphatic heterocycles. The highest BCUT2D eigenvalue weighted by molar-refractivity contribution is 5.84. The molecule has 0 saturated carbocycles. The summed E-state index contributed by atoms with van der Waals surface area (Å²) in [5.74, 6) is -0.398. The van der Waals surface area contributed by atoms with Gasteiger partial charge < -0.3 is 4.90 Å². The predicted molar refractivity (Wildman–Crippen MR) is 105 cm³/mol. The van der Waals surface area contributed by atoms with Gasteiger partial charge >= 0.3 is 0 Å². The molecule has 0 unspecified atom stereocenters. The van der Waals surface area contributed by atoms with Crippen LogP contribution in [0.2, 0.25) is 0 Å². The minimum atomic E-state index is -0.490. The smallest absolute Gasteiger partial charge is 0.273 e. The first-order chi connectivity index (χ1) is 13.1. The number of amides is 1. The van der Waals surface area contributed by atoms with Gasteiger partial charge in [-0.2, -0.15) is 5.10 Å². The molecule has 1 heterocycles. The molecule has 2 aromatic carbocycles. The number of nitro benzene ring substituents is 1. The van der Waals surface area contributed by atoms with Gasteiger partial charge in [0, 0.05) is 30.4 Å². The lowest BCUT2D eigenvalue weighted by atomic mass is 10.1. The monoisotopic (exact) mass is 366 g/mol. The minimum Gasteiger partial charge on any atom is -0.372 e. The Morgan fingerprint density at radius 3 is 2.52 bits per heavy atom. The van der Waals surface area contributed by atoms with Gasteiger partial charge in [0.15, 0.2) is 0 Å². The van der Waals surface area contributed by atoms with Crippen molar-refractivity contribution in [2.45, 2.75) is 25.7 Å². The van der Waals surface area contributed by atoms with Crippen LogP contribution >= 0.6 is 0 Å². The molecule has 2 aromatic rings. The zero-order chi connectivity index (χ0) is 19.1. The van der Waals surface area contributed by atoms with E-state index < -0.39 is 10.8 Å². The molecule has 0 spiro atoms. The number of rotatable bonds is 6. The van der Waals surface area contributed by atoms with Crippen molar-refractivity contribution >= 4 is 23.5 Å². The fraction of sp³-hybridized carbons (Fsp3) is 0.300. The van der Waals surface area contributed by atoms with Crippen LogP contribution in [0.15, 0.2) is 53.6 Å². The third kappa shape index (κ3) is 5.13. The highest BCUT2D eigenvalue weighted by atomic mass is 16.6. The summed E-state index contributed by atoms with van der Waals surface area (Å²) >= 11 is 0. The second-order valence-corrected chi connectivity index (χ2v) is 6.50. The van der Waals surface area contributed by atoms with Crippen LogP contribution in [0, 0.1) is 10.1 Å². The van der Waals surface area contributed by atoms with Crippen molar-refractivity contribution in [3.8, 4) is 0 Å². The van der Waals surface area contributed by atoms with Crippen molar-refractivity contribution in [2.75, 3.05) is 18.0 Å². The Balaban J connectivity index is 1.54. The average molecular weight is 366 g/mol. The fourth-order valence-electron chi connectivity index (χ4n) is 3.15. The van der Waals surface area contributed by atoms with Crippen LogP contribution in [0.4, 0.5) is 11.4 Å². The fourth-order valence-corrected chi connectivity index (χ4v) is 3.15. The Labute approximate surface area is 157 Å².